The molecule has 0 unspecified atom stereocenters. The average molecular weight is 163 g/mol. The van der Waals surface area contributed by atoms with Crippen molar-refractivity contribution < 1.29 is 5.11 Å². The molecule has 2 heteroatoms. The molecule has 0 saturated carbocycles. The molecule has 0 spiro atoms. The number of pyridine rings is 1. The second-order valence-corrected chi connectivity index (χ2v) is 2.67. The summed E-state index contributed by atoms with van der Waals surface area (Å²) in [6.07, 6.45) is 6.31. The molecule has 0 aliphatic carbocycles. The Hall–Kier alpha value is -1.15. The van der Waals surface area contributed by atoms with Gasteiger partial charge in [-0.3, -0.25) is 4.98 Å². The Morgan fingerprint density at radius 3 is 3.08 bits per heavy atom. The molecule has 0 atom stereocenters. The molecule has 0 amide bonds. The predicted octanol–water partition coefficient (Wildman–Crippen LogP) is 1.79. The van der Waals surface area contributed by atoms with Crippen molar-refractivity contribution >= 4 is 6.08 Å². The van der Waals surface area contributed by atoms with Crippen molar-refractivity contribution in [2.45, 2.75) is 13.3 Å². The predicted molar refractivity (Wildman–Crippen MR) is 49.7 cm³/mol. The van der Waals surface area contributed by atoms with Crippen LogP contribution in [0.1, 0.15) is 17.7 Å². The van der Waals surface area contributed by atoms with Gasteiger partial charge < -0.3 is 5.11 Å². The minimum absolute atomic E-state index is 0.197. The summed E-state index contributed by atoms with van der Waals surface area (Å²) in [6.45, 7) is 2.23. The van der Waals surface area contributed by atoms with Gasteiger partial charge in [-0.15, -0.1) is 0 Å². The summed E-state index contributed by atoms with van der Waals surface area (Å²) in [5.74, 6) is 0. The van der Waals surface area contributed by atoms with Crippen molar-refractivity contribution in [3.05, 3.63) is 35.7 Å². The summed E-state index contributed by atoms with van der Waals surface area (Å²) >= 11 is 0. The van der Waals surface area contributed by atoms with E-state index >= 15 is 0 Å². The first-order chi connectivity index (χ1) is 5.83. The van der Waals surface area contributed by atoms with Crippen LogP contribution >= 0.6 is 0 Å². The zero-order valence-corrected chi connectivity index (χ0v) is 7.20. The molecular formula is C10H13NO. The van der Waals surface area contributed by atoms with Gasteiger partial charge in [0.2, 0.25) is 0 Å². The first-order valence-corrected chi connectivity index (χ1v) is 4.03. The van der Waals surface area contributed by atoms with Crippen LogP contribution in [-0.4, -0.2) is 16.7 Å². The molecule has 1 N–H and O–H groups in total. The molecular weight excluding hydrogens is 150 g/mol. The molecule has 0 aliphatic rings. The second-order valence-electron chi connectivity index (χ2n) is 2.67. The lowest BCUT2D eigenvalue weighted by atomic mass is 10.2. The molecule has 1 heterocycles. The number of hydrogen-bond donors (Lipinski definition) is 1. The molecule has 0 fully saturated rings. The number of nitrogens with zero attached hydrogens (tertiary/aromatic N) is 1. The molecule has 0 bridgehead atoms. The van der Waals surface area contributed by atoms with Crippen LogP contribution in [0.5, 0.6) is 0 Å². The lowest BCUT2D eigenvalue weighted by molar-refractivity contribution is 0.303. The maximum Gasteiger partial charge on any atom is 0.0629 e. The Kier molecular flexibility index (Phi) is 3.48. The highest BCUT2D eigenvalue weighted by molar-refractivity contribution is 5.45. The van der Waals surface area contributed by atoms with Crippen molar-refractivity contribution in [1.82, 2.24) is 4.98 Å². The molecule has 0 radical (unpaired) electrons. The van der Waals surface area contributed by atoms with E-state index in [1.54, 1.807) is 6.20 Å². The summed E-state index contributed by atoms with van der Waals surface area (Å²) in [5, 5.41) is 8.53. The minimum Gasteiger partial charge on any atom is -0.396 e. The highest BCUT2D eigenvalue weighted by Crippen LogP contribution is 2.02. The van der Waals surface area contributed by atoms with Crippen molar-refractivity contribution in [2.75, 3.05) is 6.61 Å². The van der Waals surface area contributed by atoms with Crippen LogP contribution in [0.15, 0.2) is 24.4 Å². The van der Waals surface area contributed by atoms with Gasteiger partial charge in [0.15, 0.2) is 0 Å². The van der Waals surface area contributed by atoms with Gasteiger partial charge in [-0.25, -0.2) is 0 Å². The maximum absolute atomic E-state index is 8.53. The lowest BCUT2D eigenvalue weighted by Crippen LogP contribution is -1.81. The van der Waals surface area contributed by atoms with Crippen molar-refractivity contribution in [3.63, 3.8) is 0 Å². The fourth-order valence-electron chi connectivity index (χ4n) is 0.929. The molecule has 12 heavy (non-hydrogen) atoms. The summed E-state index contributed by atoms with van der Waals surface area (Å²) in [4.78, 5) is 4.14. The van der Waals surface area contributed by atoms with Gasteiger partial charge in [-0.1, -0.05) is 6.08 Å². The SMILES string of the molecule is Cc1ccnc(C=CCCO)c1. The van der Waals surface area contributed by atoms with Gasteiger partial charge in [-0.2, -0.15) is 0 Å². The summed E-state index contributed by atoms with van der Waals surface area (Å²) in [6, 6.07) is 3.97. The number of aromatic nitrogens is 1. The van der Waals surface area contributed by atoms with E-state index in [9.17, 15) is 0 Å². The monoisotopic (exact) mass is 163 g/mol. The van der Waals surface area contributed by atoms with Crippen molar-refractivity contribution in [2.24, 2.45) is 0 Å². The fourth-order valence-corrected chi connectivity index (χ4v) is 0.929. The zero-order valence-electron chi connectivity index (χ0n) is 7.20. The molecule has 64 valence electrons. The highest BCUT2D eigenvalue weighted by Gasteiger charge is 1.87. The molecule has 0 aromatic carbocycles. The van der Waals surface area contributed by atoms with Gasteiger partial charge in [-0.05, 0) is 37.1 Å². The van der Waals surface area contributed by atoms with Crippen LogP contribution in [0, 0.1) is 6.92 Å². The van der Waals surface area contributed by atoms with E-state index in [2.05, 4.69) is 4.98 Å². The first kappa shape index (κ1) is 8.94. The molecule has 0 saturated heterocycles. The van der Waals surface area contributed by atoms with E-state index in [4.69, 9.17) is 5.11 Å². The van der Waals surface area contributed by atoms with Gasteiger partial charge in [0.1, 0.15) is 0 Å². The van der Waals surface area contributed by atoms with E-state index in [1.165, 1.54) is 5.56 Å². The van der Waals surface area contributed by atoms with E-state index in [1.807, 2.05) is 31.2 Å². The third-order valence-electron chi connectivity index (χ3n) is 1.52. The number of aryl methyl sites for hydroxylation is 1. The zero-order chi connectivity index (χ0) is 8.81. The highest BCUT2D eigenvalue weighted by atomic mass is 16.2. The van der Waals surface area contributed by atoms with Crippen LogP contribution in [0.3, 0.4) is 0 Å². The summed E-state index contributed by atoms with van der Waals surface area (Å²) < 4.78 is 0. The van der Waals surface area contributed by atoms with Crippen LogP contribution in [0.4, 0.5) is 0 Å². The third kappa shape index (κ3) is 2.84. The largest absolute Gasteiger partial charge is 0.396 e. The van der Waals surface area contributed by atoms with Crippen LogP contribution in [-0.2, 0) is 0 Å². The molecule has 1 rings (SSSR count). The quantitative estimate of drug-likeness (QED) is 0.736. The minimum atomic E-state index is 0.197. The first-order valence-electron chi connectivity index (χ1n) is 4.03. The van der Waals surface area contributed by atoms with Gasteiger partial charge in [0, 0.05) is 12.8 Å². The van der Waals surface area contributed by atoms with Crippen molar-refractivity contribution in [3.8, 4) is 0 Å². The lowest BCUT2D eigenvalue weighted by Gasteiger charge is -1.93. The standard InChI is InChI=1S/C10H13NO/c1-9-5-6-11-10(8-9)4-2-3-7-12/h2,4-6,8,12H,3,7H2,1H3. The molecule has 1 aromatic rings. The molecule has 1 aromatic heterocycles. The third-order valence-corrected chi connectivity index (χ3v) is 1.52. The summed E-state index contributed by atoms with van der Waals surface area (Å²) in [5.41, 5.74) is 2.15. The Balaban J connectivity index is 2.63. The number of aliphatic hydroxyl groups excluding tert-OH is 1. The topological polar surface area (TPSA) is 33.1 Å². The average Bonchev–Trinajstić information content (AvgIpc) is 2.05. The Bertz CT molecular complexity index is 268. The maximum atomic E-state index is 8.53. The number of aliphatic hydroxyl groups is 1. The van der Waals surface area contributed by atoms with E-state index in [0.717, 1.165) is 5.69 Å². The normalized spacial score (nSPS) is 10.8. The number of hydrogen-bond acceptors (Lipinski definition) is 2. The Labute approximate surface area is 72.6 Å². The van der Waals surface area contributed by atoms with Gasteiger partial charge >= 0.3 is 0 Å². The Morgan fingerprint density at radius 2 is 2.42 bits per heavy atom. The Morgan fingerprint density at radius 1 is 1.58 bits per heavy atom. The second kappa shape index (κ2) is 4.67. The van der Waals surface area contributed by atoms with Crippen LogP contribution in [0.2, 0.25) is 0 Å². The van der Waals surface area contributed by atoms with E-state index < -0.39 is 0 Å². The van der Waals surface area contributed by atoms with Crippen LogP contribution in [0.25, 0.3) is 6.08 Å². The smallest absolute Gasteiger partial charge is 0.0629 e. The molecule has 0 aliphatic heterocycles. The summed E-state index contributed by atoms with van der Waals surface area (Å²) in [7, 11) is 0. The number of rotatable bonds is 3. The van der Waals surface area contributed by atoms with Crippen molar-refractivity contribution in [1.29, 1.82) is 0 Å². The van der Waals surface area contributed by atoms with E-state index in [-0.39, 0.29) is 6.61 Å². The fraction of sp³-hybridized carbons (Fsp3) is 0.300. The van der Waals surface area contributed by atoms with Gasteiger partial charge in [0.05, 0.1) is 5.69 Å². The van der Waals surface area contributed by atoms with Gasteiger partial charge in [0.25, 0.3) is 0 Å². The molecule has 2 nitrogen and oxygen atoms in total. The van der Waals surface area contributed by atoms with Crippen LogP contribution < -0.4 is 0 Å². The van der Waals surface area contributed by atoms with E-state index in [0.29, 0.717) is 6.42 Å².